The molecule has 0 radical (unpaired) electrons. The lowest BCUT2D eigenvalue weighted by atomic mass is 10.4. The molecule has 1 rings (SSSR count). The van der Waals surface area contributed by atoms with E-state index in [4.69, 9.17) is 5.11 Å². The Morgan fingerprint density at radius 1 is 1.91 bits per heavy atom. The summed E-state index contributed by atoms with van der Waals surface area (Å²) in [6.07, 6.45) is 0.430. The summed E-state index contributed by atoms with van der Waals surface area (Å²) >= 11 is 3.09. The molecule has 1 aliphatic rings. The lowest BCUT2D eigenvalue weighted by Gasteiger charge is -2.23. The van der Waals surface area contributed by atoms with Gasteiger partial charge in [-0.3, -0.25) is 4.79 Å². The number of carbonyl (C=O) groups excluding carboxylic acids is 1. The molecule has 1 atom stereocenters. The highest BCUT2D eigenvalue weighted by Gasteiger charge is 2.22. The summed E-state index contributed by atoms with van der Waals surface area (Å²) in [5.41, 5.74) is 0. The third-order valence-corrected chi connectivity index (χ3v) is 1.60. The Hall–Kier alpha value is -0.0700. The summed E-state index contributed by atoms with van der Waals surface area (Å²) in [6.45, 7) is 0. The van der Waals surface area contributed by atoms with Crippen molar-refractivity contribution >= 4 is 21.8 Å². The summed E-state index contributed by atoms with van der Waals surface area (Å²) < 4.78 is 0.599. The Balaban J connectivity index is 0. The molecule has 1 unspecified atom stereocenters. The van der Waals surface area contributed by atoms with E-state index in [1.54, 1.807) is 13.2 Å². The molecule has 0 aromatic rings. The molecule has 0 aromatic carbocycles. The van der Waals surface area contributed by atoms with Crippen molar-refractivity contribution in [1.82, 2.24) is 10.2 Å². The van der Waals surface area contributed by atoms with Gasteiger partial charge in [-0.15, -0.1) is 0 Å². The Morgan fingerprint density at radius 3 is 2.91 bits per heavy atom. The molecule has 1 amide bonds. The van der Waals surface area contributed by atoms with Crippen LogP contribution in [-0.4, -0.2) is 29.2 Å². The first-order chi connectivity index (χ1) is 4.61. The van der Waals surface area contributed by atoms with Crippen LogP contribution in [0.15, 0.2) is 10.8 Å². The number of hydrogen-bond donors (Lipinski definition) is 2. The summed E-state index contributed by atoms with van der Waals surface area (Å²) in [6, 6.07) is 0. The van der Waals surface area contributed by atoms with Crippen molar-refractivity contribution in [2.24, 2.45) is 0 Å². The van der Waals surface area contributed by atoms with E-state index in [9.17, 15) is 4.79 Å². The molecule has 0 fully saturated rings. The largest absolute Gasteiger partial charge is 1.00 e. The molecule has 0 aliphatic carbocycles. The van der Waals surface area contributed by atoms with Gasteiger partial charge in [0, 0.05) is 13.2 Å². The van der Waals surface area contributed by atoms with Crippen molar-refractivity contribution in [3.63, 3.8) is 0 Å². The van der Waals surface area contributed by atoms with E-state index in [-0.39, 0.29) is 24.3 Å². The van der Waals surface area contributed by atoms with Gasteiger partial charge in [0.25, 0.3) is 5.91 Å². The zero-order chi connectivity index (χ0) is 7.72. The lowest BCUT2D eigenvalue weighted by Crippen LogP contribution is -3.00. The number of amides is 1. The van der Waals surface area contributed by atoms with Crippen LogP contribution in [0.25, 0.3) is 0 Å². The SMILES string of the molecule is CN1C=C(Br)NC(O)C1=O.[Br-].[H+]. The highest BCUT2D eigenvalue weighted by molar-refractivity contribution is 9.11. The Morgan fingerprint density at radius 2 is 2.45 bits per heavy atom. The number of hydrogen-bond acceptors (Lipinski definition) is 3. The Bertz CT molecular complexity index is 200. The number of aliphatic hydroxyl groups is 1. The van der Waals surface area contributed by atoms with Gasteiger partial charge in [0.15, 0.2) is 0 Å². The molecule has 4 nitrogen and oxygen atoms in total. The third-order valence-electron chi connectivity index (χ3n) is 1.16. The van der Waals surface area contributed by atoms with Crippen LogP contribution in [0.3, 0.4) is 0 Å². The van der Waals surface area contributed by atoms with E-state index in [1.165, 1.54) is 4.90 Å². The van der Waals surface area contributed by atoms with Crippen molar-refractivity contribution in [1.29, 1.82) is 0 Å². The molecular formula is C5H8Br2N2O2. The predicted octanol–water partition coefficient (Wildman–Crippen LogP) is -3.32. The number of halogens is 2. The number of carbonyl (C=O) groups is 1. The zero-order valence-corrected chi connectivity index (χ0v) is 8.89. The topological polar surface area (TPSA) is 52.6 Å². The number of aliphatic hydroxyl groups excluding tert-OH is 1. The van der Waals surface area contributed by atoms with Crippen LogP contribution in [0.1, 0.15) is 1.43 Å². The minimum atomic E-state index is -1.12. The second-order valence-electron chi connectivity index (χ2n) is 1.97. The summed E-state index contributed by atoms with van der Waals surface area (Å²) in [5, 5.41) is 11.4. The van der Waals surface area contributed by atoms with Gasteiger partial charge in [-0.1, -0.05) is 0 Å². The molecule has 1 heterocycles. The second-order valence-corrected chi connectivity index (χ2v) is 2.83. The third kappa shape index (κ3) is 2.46. The molecule has 0 saturated heterocycles. The molecule has 0 spiro atoms. The van der Waals surface area contributed by atoms with Gasteiger partial charge in [0.2, 0.25) is 6.23 Å². The smallest absolute Gasteiger partial charge is 1.00 e. The highest BCUT2D eigenvalue weighted by Crippen LogP contribution is 2.08. The number of likely N-dealkylation sites (N-methyl/N-ethyl adjacent to an activating group) is 1. The molecule has 0 aromatic heterocycles. The maximum Gasteiger partial charge on any atom is 1.00 e. The summed E-state index contributed by atoms with van der Waals surface area (Å²) in [5.74, 6) is -0.358. The van der Waals surface area contributed by atoms with E-state index in [1.807, 2.05) is 0 Å². The van der Waals surface area contributed by atoms with Crippen molar-refractivity contribution in [2.75, 3.05) is 7.05 Å². The van der Waals surface area contributed by atoms with Crippen LogP contribution < -0.4 is 22.3 Å². The average molecular weight is 288 g/mol. The highest BCUT2D eigenvalue weighted by atomic mass is 79.9. The number of nitrogens with zero attached hydrogens (tertiary/aromatic N) is 1. The molecule has 2 N–H and O–H groups in total. The van der Waals surface area contributed by atoms with Gasteiger partial charge in [0.05, 0.1) is 4.61 Å². The number of rotatable bonds is 0. The quantitative estimate of drug-likeness (QED) is 0.459. The standard InChI is InChI=1S/C5H7BrN2O2.BrH/c1-8-2-3(6)7-4(9)5(8)10;/h2,4,7,9H,1H3;1H. The van der Waals surface area contributed by atoms with Crippen molar-refractivity contribution in [3.8, 4) is 0 Å². The van der Waals surface area contributed by atoms with Crippen LogP contribution in [0.2, 0.25) is 0 Å². The van der Waals surface area contributed by atoms with Gasteiger partial charge in [-0.05, 0) is 15.9 Å². The Labute approximate surface area is 84.6 Å². The maximum absolute atomic E-state index is 10.8. The molecule has 11 heavy (non-hydrogen) atoms. The van der Waals surface area contributed by atoms with Crippen molar-refractivity contribution in [2.45, 2.75) is 6.23 Å². The minimum Gasteiger partial charge on any atom is -1.00 e. The molecule has 64 valence electrons. The fourth-order valence-corrected chi connectivity index (χ4v) is 1.18. The van der Waals surface area contributed by atoms with E-state index in [0.717, 1.165) is 0 Å². The summed E-state index contributed by atoms with van der Waals surface area (Å²) in [7, 11) is 1.58. The minimum absolute atomic E-state index is 0. The first-order valence-electron chi connectivity index (χ1n) is 2.70. The first-order valence-corrected chi connectivity index (χ1v) is 3.49. The van der Waals surface area contributed by atoms with E-state index in [2.05, 4.69) is 21.2 Å². The normalized spacial score (nSPS) is 23.5. The van der Waals surface area contributed by atoms with Gasteiger partial charge in [0.1, 0.15) is 0 Å². The second kappa shape index (κ2) is 4.08. The monoisotopic (exact) mass is 286 g/mol. The fraction of sp³-hybridized carbons (Fsp3) is 0.400. The van der Waals surface area contributed by atoms with Crippen LogP contribution in [0, 0.1) is 0 Å². The van der Waals surface area contributed by atoms with Gasteiger partial charge in [-0.25, -0.2) is 0 Å². The maximum atomic E-state index is 10.8. The van der Waals surface area contributed by atoms with Gasteiger partial charge < -0.3 is 32.3 Å². The van der Waals surface area contributed by atoms with E-state index >= 15 is 0 Å². The van der Waals surface area contributed by atoms with Gasteiger partial charge >= 0.3 is 1.43 Å². The molecule has 6 heteroatoms. The van der Waals surface area contributed by atoms with Crippen LogP contribution in [0.5, 0.6) is 0 Å². The van der Waals surface area contributed by atoms with Gasteiger partial charge in [-0.2, -0.15) is 0 Å². The van der Waals surface area contributed by atoms with Crippen LogP contribution in [0.4, 0.5) is 0 Å². The zero-order valence-electron chi connectivity index (χ0n) is 6.71. The van der Waals surface area contributed by atoms with Crippen LogP contribution >= 0.6 is 15.9 Å². The lowest BCUT2D eigenvalue weighted by molar-refractivity contribution is -0.138. The predicted molar refractivity (Wildman–Crippen MR) is 40.0 cm³/mol. The van der Waals surface area contributed by atoms with Crippen molar-refractivity contribution in [3.05, 3.63) is 10.8 Å². The van der Waals surface area contributed by atoms with E-state index < -0.39 is 6.23 Å². The molecule has 1 aliphatic heterocycles. The van der Waals surface area contributed by atoms with E-state index in [0.29, 0.717) is 4.61 Å². The molecular weight excluding hydrogens is 280 g/mol. The molecule has 0 saturated carbocycles. The summed E-state index contributed by atoms with van der Waals surface area (Å²) in [4.78, 5) is 12.1. The Kier molecular flexibility index (Phi) is 4.05. The van der Waals surface area contributed by atoms with Crippen molar-refractivity contribution < 1.29 is 28.3 Å². The fourth-order valence-electron chi connectivity index (χ4n) is 0.656. The first kappa shape index (κ1) is 10.9. The van der Waals surface area contributed by atoms with Crippen LogP contribution in [-0.2, 0) is 4.79 Å². The molecule has 0 bridgehead atoms. The average Bonchev–Trinajstić information content (AvgIpc) is 1.82. The number of nitrogens with one attached hydrogen (secondary N) is 1.